The van der Waals surface area contributed by atoms with Crippen LogP contribution in [0.4, 0.5) is 0 Å². The van der Waals surface area contributed by atoms with E-state index in [1.807, 2.05) is 23.1 Å². The van der Waals surface area contributed by atoms with Gasteiger partial charge >= 0.3 is 5.97 Å². The number of carbonyl (C=O) groups is 1. The van der Waals surface area contributed by atoms with Gasteiger partial charge in [0.05, 0.1) is 18.2 Å². The zero-order valence-electron chi connectivity index (χ0n) is 10.9. The minimum absolute atomic E-state index is 0.0709. The summed E-state index contributed by atoms with van der Waals surface area (Å²) in [6.45, 7) is 0.675. The molecule has 0 saturated heterocycles. The summed E-state index contributed by atoms with van der Waals surface area (Å²) in [5.41, 5.74) is 1.63. The van der Waals surface area contributed by atoms with Crippen LogP contribution in [-0.4, -0.2) is 28.6 Å². The van der Waals surface area contributed by atoms with Gasteiger partial charge in [0.15, 0.2) is 0 Å². The average Bonchev–Trinajstić information content (AvgIpc) is 2.91. The smallest absolute Gasteiger partial charge is 0.317 e. The van der Waals surface area contributed by atoms with Crippen LogP contribution in [-0.2, 0) is 11.3 Å². The highest BCUT2D eigenvalue weighted by atomic mass is 16.4. The highest BCUT2D eigenvalue weighted by molar-refractivity contribution is 5.69. The van der Waals surface area contributed by atoms with E-state index in [0.717, 1.165) is 18.4 Å². The fourth-order valence-corrected chi connectivity index (χ4v) is 2.73. The molecule has 0 aromatic heterocycles. The Morgan fingerprint density at radius 3 is 2.79 bits per heavy atom. The van der Waals surface area contributed by atoms with Crippen LogP contribution in [0.15, 0.2) is 24.3 Å². The Morgan fingerprint density at radius 2 is 2.16 bits per heavy atom. The van der Waals surface area contributed by atoms with Crippen molar-refractivity contribution in [1.29, 1.82) is 5.26 Å². The lowest BCUT2D eigenvalue weighted by atomic mass is 10.1. The van der Waals surface area contributed by atoms with Crippen LogP contribution in [0.3, 0.4) is 0 Å². The van der Waals surface area contributed by atoms with E-state index in [1.165, 1.54) is 12.8 Å². The van der Waals surface area contributed by atoms with Gasteiger partial charge in [-0.25, -0.2) is 0 Å². The normalized spacial score (nSPS) is 15.6. The van der Waals surface area contributed by atoms with Crippen LogP contribution >= 0.6 is 0 Å². The van der Waals surface area contributed by atoms with Gasteiger partial charge in [-0.15, -0.1) is 0 Å². The molecule has 1 fully saturated rings. The summed E-state index contributed by atoms with van der Waals surface area (Å²) < 4.78 is 0. The third kappa shape index (κ3) is 3.80. The molecule has 0 spiro atoms. The molecule has 1 aliphatic carbocycles. The van der Waals surface area contributed by atoms with Crippen LogP contribution in [0, 0.1) is 11.3 Å². The molecule has 1 aliphatic rings. The van der Waals surface area contributed by atoms with E-state index in [1.54, 1.807) is 6.07 Å². The van der Waals surface area contributed by atoms with Gasteiger partial charge in [0.2, 0.25) is 0 Å². The molecule has 0 atom stereocenters. The zero-order chi connectivity index (χ0) is 13.7. The first kappa shape index (κ1) is 13.6. The Kier molecular flexibility index (Phi) is 4.53. The maximum Gasteiger partial charge on any atom is 0.317 e. The largest absolute Gasteiger partial charge is 0.480 e. The van der Waals surface area contributed by atoms with E-state index in [2.05, 4.69) is 6.07 Å². The number of hydrogen-bond acceptors (Lipinski definition) is 3. The number of nitriles is 1. The molecule has 2 rings (SSSR count). The maximum atomic E-state index is 11.0. The Labute approximate surface area is 113 Å². The predicted molar refractivity (Wildman–Crippen MR) is 71.5 cm³/mol. The second kappa shape index (κ2) is 6.35. The number of rotatable bonds is 5. The van der Waals surface area contributed by atoms with Crippen molar-refractivity contribution in [3.05, 3.63) is 35.4 Å². The van der Waals surface area contributed by atoms with Crippen molar-refractivity contribution in [2.24, 2.45) is 0 Å². The second-order valence-electron chi connectivity index (χ2n) is 5.05. The quantitative estimate of drug-likeness (QED) is 0.880. The molecule has 1 saturated carbocycles. The van der Waals surface area contributed by atoms with Crippen LogP contribution in [0.2, 0.25) is 0 Å². The molecule has 4 heteroatoms. The van der Waals surface area contributed by atoms with Crippen LogP contribution in [0.5, 0.6) is 0 Å². The van der Waals surface area contributed by atoms with Crippen LogP contribution < -0.4 is 0 Å². The van der Waals surface area contributed by atoms with Gasteiger partial charge < -0.3 is 5.11 Å². The molecule has 0 amide bonds. The van der Waals surface area contributed by atoms with Crippen molar-refractivity contribution < 1.29 is 9.90 Å². The van der Waals surface area contributed by atoms with Crippen molar-refractivity contribution in [3.8, 4) is 6.07 Å². The minimum Gasteiger partial charge on any atom is -0.480 e. The molecule has 0 aliphatic heterocycles. The lowest BCUT2D eigenvalue weighted by Gasteiger charge is -2.27. The van der Waals surface area contributed by atoms with Gasteiger partial charge in [-0.1, -0.05) is 25.0 Å². The summed E-state index contributed by atoms with van der Waals surface area (Å²) in [6.07, 6.45) is 4.51. The van der Waals surface area contributed by atoms with Gasteiger partial charge in [-0.3, -0.25) is 9.69 Å². The highest BCUT2D eigenvalue weighted by Crippen LogP contribution is 2.24. The van der Waals surface area contributed by atoms with Crippen molar-refractivity contribution in [3.63, 3.8) is 0 Å². The second-order valence-corrected chi connectivity index (χ2v) is 5.05. The minimum atomic E-state index is -0.789. The summed E-state index contributed by atoms with van der Waals surface area (Å²) in [7, 11) is 0. The third-order valence-electron chi connectivity index (χ3n) is 3.62. The first-order chi connectivity index (χ1) is 9.19. The number of hydrogen-bond donors (Lipinski definition) is 1. The van der Waals surface area contributed by atoms with Gasteiger partial charge in [-0.05, 0) is 30.5 Å². The lowest BCUT2D eigenvalue weighted by Crippen LogP contribution is -2.37. The van der Waals surface area contributed by atoms with Crippen LogP contribution in [0.25, 0.3) is 0 Å². The fourth-order valence-electron chi connectivity index (χ4n) is 2.73. The molecule has 1 N–H and O–H groups in total. The topological polar surface area (TPSA) is 64.3 Å². The summed E-state index contributed by atoms with van der Waals surface area (Å²) in [4.78, 5) is 13.0. The number of carboxylic acids is 1. The third-order valence-corrected chi connectivity index (χ3v) is 3.62. The molecule has 1 aromatic carbocycles. The maximum absolute atomic E-state index is 11.0. The summed E-state index contributed by atoms with van der Waals surface area (Å²) in [5, 5.41) is 17.9. The molecule has 0 unspecified atom stereocenters. The Balaban J connectivity index is 2.10. The van der Waals surface area contributed by atoms with Crippen LogP contribution in [0.1, 0.15) is 36.8 Å². The van der Waals surface area contributed by atoms with E-state index < -0.39 is 5.97 Å². The first-order valence-electron chi connectivity index (χ1n) is 6.64. The lowest BCUT2D eigenvalue weighted by molar-refractivity contribution is -0.139. The number of benzene rings is 1. The molecule has 0 heterocycles. The van der Waals surface area contributed by atoms with E-state index in [4.69, 9.17) is 10.4 Å². The Hall–Kier alpha value is -1.86. The molecule has 1 aromatic rings. The van der Waals surface area contributed by atoms with Gasteiger partial charge in [0.1, 0.15) is 0 Å². The van der Waals surface area contributed by atoms with Gasteiger partial charge in [0, 0.05) is 12.6 Å². The number of carboxylic acid groups (broad SMARTS) is 1. The fraction of sp³-hybridized carbons (Fsp3) is 0.467. The van der Waals surface area contributed by atoms with Crippen molar-refractivity contribution in [2.45, 2.75) is 38.3 Å². The number of aliphatic carboxylic acids is 1. The van der Waals surface area contributed by atoms with E-state index in [0.29, 0.717) is 18.2 Å². The molecule has 100 valence electrons. The monoisotopic (exact) mass is 258 g/mol. The average molecular weight is 258 g/mol. The zero-order valence-corrected chi connectivity index (χ0v) is 10.9. The molecule has 0 bridgehead atoms. The van der Waals surface area contributed by atoms with E-state index in [9.17, 15) is 4.79 Å². The summed E-state index contributed by atoms with van der Waals surface area (Å²) >= 11 is 0. The molecular formula is C15H18N2O2. The van der Waals surface area contributed by atoms with Crippen molar-refractivity contribution >= 4 is 5.97 Å². The Bertz CT molecular complexity index is 487. The Morgan fingerprint density at radius 1 is 1.42 bits per heavy atom. The standard InChI is InChI=1S/C15H18N2O2/c16-9-12-4-3-5-13(8-12)10-17(11-15(18)19)14-6-1-2-7-14/h3-5,8,14H,1-2,6-7,10-11H2,(H,18,19). The van der Waals surface area contributed by atoms with Crippen molar-refractivity contribution in [1.82, 2.24) is 4.90 Å². The van der Waals surface area contributed by atoms with E-state index in [-0.39, 0.29) is 6.54 Å². The van der Waals surface area contributed by atoms with E-state index >= 15 is 0 Å². The molecule has 4 nitrogen and oxygen atoms in total. The van der Waals surface area contributed by atoms with Crippen molar-refractivity contribution in [2.75, 3.05) is 6.54 Å². The molecular weight excluding hydrogens is 240 g/mol. The SMILES string of the molecule is N#Cc1cccc(CN(CC(=O)O)C2CCCC2)c1. The predicted octanol–water partition coefficient (Wildman–Crippen LogP) is 2.39. The van der Waals surface area contributed by atoms with Gasteiger partial charge in [-0.2, -0.15) is 5.26 Å². The summed E-state index contributed by atoms with van der Waals surface area (Å²) in [5.74, 6) is -0.789. The first-order valence-corrected chi connectivity index (χ1v) is 6.64. The summed E-state index contributed by atoms with van der Waals surface area (Å²) in [6, 6.07) is 9.88. The van der Waals surface area contributed by atoms with Gasteiger partial charge in [0.25, 0.3) is 0 Å². The number of nitrogens with zero attached hydrogens (tertiary/aromatic N) is 2. The highest BCUT2D eigenvalue weighted by Gasteiger charge is 2.24. The molecule has 0 radical (unpaired) electrons. The molecule has 19 heavy (non-hydrogen) atoms.